The van der Waals surface area contributed by atoms with Crippen molar-refractivity contribution in [2.45, 2.75) is 25.1 Å². The van der Waals surface area contributed by atoms with E-state index in [2.05, 4.69) is 9.88 Å². The highest BCUT2D eigenvalue weighted by atomic mass is 19.4. The third-order valence-corrected chi connectivity index (χ3v) is 5.06. The molecule has 0 amide bonds. The van der Waals surface area contributed by atoms with Crippen LogP contribution >= 0.6 is 0 Å². The highest BCUT2D eigenvalue weighted by Gasteiger charge is 2.49. The van der Waals surface area contributed by atoms with Gasteiger partial charge in [0.15, 0.2) is 0 Å². The first-order chi connectivity index (χ1) is 10.0. The third kappa shape index (κ3) is 2.29. The highest BCUT2D eigenvalue weighted by molar-refractivity contribution is 5.33. The molecule has 0 N–H and O–H groups in total. The molecule has 1 aliphatic carbocycles. The van der Waals surface area contributed by atoms with Crippen molar-refractivity contribution >= 4 is 0 Å². The number of hydrogen-bond donors (Lipinski definition) is 0. The van der Waals surface area contributed by atoms with Crippen LogP contribution in [0.1, 0.15) is 18.4 Å². The number of pyridine rings is 1. The summed E-state index contributed by atoms with van der Waals surface area (Å²) in [5.41, 5.74) is -0.716. The van der Waals surface area contributed by atoms with Crippen molar-refractivity contribution in [3.63, 3.8) is 0 Å². The van der Waals surface area contributed by atoms with E-state index in [4.69, 9.17) is 4.74 Å². The van der Waals surface area contributed by atoms with Crippen LogP contribution in [0.3, 0.4) is 0 Å². The van der Waals surface area contributed by atoms with Gasteiger partial charge in [-0.3, -0.25) is 4.98 Å². The normalized spacial score (nSPS) is 37.8. The van der Waals surface area contributed by atoms with E-state index in [0.29, 0.717) is 17.8 Å². The van der Waals surface area contributed by atoms with Gasteiger partial charge in [-0.05, 0) is 24.8 Å². The van der Waals surface area contributed by atoms with Crippen LogP contribution in [0, 0.1) is 17.8 Å². The first-order valence-corrected chi connectivity index (χ1v) is 7.41. The molecule has 3 aliphatic heterocycles. The summed E-state index contributed by atoms with van der Waals surface area (Å²) in [5.74, 6) is 1.31. The Bertz CT molecular complexity index is 518. The minimum absolute atomic E-state index is 0.0944. The molecule has 21 heavy (non-hydrogen) atoms. The predicted octanol–water partition coefficient (Wildman–Crippen LogP) is 2.82. The lowest BCUT2D eigenvalue weighted by molar-refractivity contribution is -0.142. The Labute approximate surface area is 121 Å². The summed E-state index contributed by atoms with van der Waals surface area (Å²) in [5, 5.41) is 0. The maximum atomic E-state index is 13.0. The predicted molar refractivity (Wildman–Crippen MR) is 69.8 cm³/mol. The van der Waals surface area contributed by atoms with E-state index in [1.165, 1.54) is 6.20 Å². The van der Waals surface area contributed by atoms with Crippen LogP contribution in [0.4, 0.5) is 13.2 Å². The Hall–Kier alpha value is -1.30. The molecule has 4 bridgehead atoms. The van der Waals surface area contributed by atoms with Gasteiger partial charge in [0, 0.05) is 37.7 Å². The van der Waals surface area contributed by atoms with Crippen LogP contribution in [0.2, 0.25) is 0 Å². The Kier molecular flexibility index (Phi) is 2.93. The van der Waals surface area contributed by atoms with E-state index in [9.17, 15) is 13.2 Å². The molecule has 4 fully saturated rings. The van der Waals surface area contributed by atoms with E-state index in [1.807, 2.05) is 0 Å². The number of rotatable bonds is 2. The van der Waals surface area contributed by atoms with Gasteiger partial charge in [0.25, 0.3) is 0 Å². The molecule has 6 heteroatoms. The van der Waals surface area contributed by atoms with Crippen LogP contribution in [0.5, 0.6) is 5.75 Å². The van der Waals surface area contributed by atoms with Gasteiger partial charge in [0.1, 0.15) is 17.4 Å². The molecule has 1 saturated carbocycles. The molecule has 3 saturated heterocycles. The summed E-state index contributed by atoms with van der Waals surface area (Å²) in [6, 6.07) is 0.995. The second-order valence-electron chi connectivity index (χ2n) is 6.53. The zero-order chi connectivity index (χ0) is 14.6. The summed E-state index contributed by atoms with van der Waals surface area (Å²) in [6.07, 6.45) is 0.0432. The van der Waals surface area contributed by atoms with Gasteiger partial charge in [0.2, 0.25) is 0 Å². The van der Waals surface area contributed by atoms with Crippen LogP contribution in [0.15, 0.2) is 18.5 Å². The molecular formula is C15H17F3N2O. The summed E-state index contributed by atoms with van der Waals surface area (Å²) >= 11 is 0. The average Bonchev–Trinajstić information content (AvgIpc) is 2.41. The van der Waals surface area contributed by atoms with Gasteiger partial charge in [-0.25, -0.2) is 0 Å². The van der Waals surface area contributed by atoms with E-state index in [1.54, 1.807) is 0 Å². The molecule has 1 aromatic rings. The molecule has 0 radical (unpaired) electrons. The van der Waals surface area contributed by atoms with Gasteiger partial charge < -0.3 is 9.64 Å². The highest BCUT2D eigenvalue weighted by Crippen LogP contribution is 2.46. The Morgan fingerprint density at radius 1 is 1.14 bits per heavy atom. The molecule has 5 rings (SSSR count). The lowest BCUT2D eigenvalue weighted by Crippen LogP contribution is -2.61. The smallest absolute Gasteiger partial charge is 0.420 e. The molecule has 0 aromatic carbocycles. The Morgan fingerprint density at radius 2 is 1.86 bits per heavy atom. The van der Waals surface area contributed by atoms with Gasteiger partial charge >= 0.3 is 6.18 Å². The molecule has 1 aromatic heterocycles. The third-order valence-electron chi connectivity index (χ3n) is 5.06. The minimum Gasteiger partial charge on any atom is -0.487 e. The zero-order valence-corrected chi connectivity index (χ0v) is 11.5. The van der Waals surface area contributed by atoms with Crippen molar-refractivity contribution in [2.75, 3.05) is 19.6 Å². The molecule has 4 heterocycles. The largest absolute Gasteiger partial charge is 0.487 e. The fraction of sp³-hybridized carbons (Fsp3) is 0.667. The number of halogens is 3. The van der Waals surface area contributed by atoms with Gasteiger partial charge in [-0.2, -0.15) is 13.2 Å². The van der Waals surface area contributed by atoms with Crippen molar-refractivity contribution in [3.05, 3.63) is 24.0 Å². The van der Waals surface area contributed by atoms with Gasteiger partial charge in [0.05, 0.1) is 6.20 Å². The summed E-state index contributed by atoms with van der Waals surface area (Å²) in [6.45, 7) is 3.07. The first-order valence-electron chi connectivity index (χ1n) is 7.41. The second-order valence-corrected chi connectivity index (χ2v) is 6.53. The summed E-state index contributed by atoms with van der Waals surface area (Å²) in [4.78, 5) is 6.24. The number of ether oxygens (including phenoxy) is 1. The topological polar surface area (TPSA) is 25.4 Å². The minimum atomic E-state index is -4.40. The summed E-state index contributed by atoms with van der Waals surface area (Å²) < 4.78 is 45.0. The number of hydrogen-bond acceptors (Lipinski definition) is 3. The van der Waals surface area contributed by atoms with Crippen molar-refractivity contribution in [1.29, 1.82) is 0 Å². The number of alkyl halides is 3. The number of nitrogens with zero attached hydrogens (tertiary/aromatic N) is 2. The zero-order valence-electron chi connectivity index (χ0n) is 11.5. The second kappa shape index (κ2) is 4.60. The van der Waals surface area contributed by atoms with Gasteiger partial charge in [-0.15, -0.1) is 0 Å². The molecular weight excluding hydrogens is 281 g/mol. The molecule has 2 unspecified atom stereocenters. The standard InChI is InChI=1S/C15H17F3N2O/c16-15(17,18)12-1-2-19-5-13(12)21-14-10-3-9-4-11(14)8-20(6-9)7-10/h1-2,5,9-11,14H,3-4,6-8H2. The van der Waals surface area contributed by atoms with Gasteiger partial charge in [-0.1, -0.05) is 0 Å². The monoisotopic (exact) mass is 298 g/mol. The SMILES string of the molecule is FC(F)(F)c1ccncc1OC1C2CC3CC1CN(C3)C2. The summed E-state index contributed by atoms with van der Waals surface area (Å²) in [7, 11) is 0. The van der Waals surface area contributed by atoms with Crippen LogP contribution in [-0.4, -0.2) is 35.6 Å². The number of piperidine rings is 3. The van der Waals surface area contributed by atoms with Crippen molar-refractivity contribution in [2.24, 2.45) is 17.8 Å². The maximum absolute atomic E-state index is 13.0. The lowest BCUT2D eigenvalue weighted by Gasteiger charge is -2.55. The van der Waals surface area contributed by atoms with Crippen molar-refractivity contribution in [3.8, 4) is 5.75 Å². The van der Waals surface area contributed by atoms with Crippen LogP contribution in [0.25, 0.3) is 0 Å². The molecule has 3 nitrogen and oxygen atoms in total. The Balaban J connectivity index is 1.60. The first kappa shape index (κ1) is 13.4. The van der Waals surface area contributed by atoms with Crippen LogP contribution < -0.4 is 4.74 Å². The van der Waals surface area contributed by atoms with E-state index in [0.717, 1.165) is 44.7 Å². The molecule has 2 atom stereocenters. The van der Waals surface area contributed by atoms with Crippen molar-refractivity contribution in [1.82, 2.24) is 9.88 Å². The fourth-order valence-corrected chi connectivity index (χ4v) is 4.41. The Morgan fingerprint density at radius 3 is 2.48 bits per heavy atom. The van der Waals surface area contributed by atoms with E-state index in [-0.39, 0.29) is 11.9 Å². The quantitative estimate of drug-likeness (QED) is 0.839. The number of aromatic nitrogens is 1. The average molecular weight is 298 g/mol. The van der Waals surface area contributed by atoms with Crippen molar-refractivity contribution < 1.29 is 17.9 Å². The van der Waals surface area contributed by atoms with E-state index >= 15 is 0 Å². The maximum Gasteiger partial charge on any atom is 0.420 e. The van der Waals surface area contributed by atoms with Crippen LogP contribution in [-0.2, 0) is 6.18 Å². The molecule has 114 valence electrons. The lowest BCUT2D eigenvalue weighted by atomic mass is 9.66. The van der Waals surface area contributed by atoms with E-state index < -0.39 is 11.7 Å². The molecule has 4 aliphatic rings. The fourth-order valence-electron chi connectivity index (χ4n) is 4.41. The molecule has 0 spiro atoms.